The second-order valence-corrected chi connectivity index (χ2v) is 11.2. The first-order valence-electron chi connectivity index (χ1n) is 10.2. The van der Waals surface area contributed by atoms with Crippen molar-refractivity contribution in [3.8, 4) is 5.75 Å². The van der Waals surface area contributed by atoms with Gasteiger partial charge < -0.3 is 4.74 Å². The number of hydrogen-bond acceptors (Lipinski definition) is 1. The van der Waals surface area contributed by atoms with Crippen LogP contribution in [-0.4, -0.2) is 12.8 Å². The first-order valence-corrected chi connectivity index (χ1v) is 12.6. The second kappa shape index (κ2) is 9.94. The third-order valence-electron chi connectivity index (χ3n) is 5.31. The van der Waals surface area contributed by atoms with Gasteiger partial charge in [-0.3, -0.25) is 0 Å². The standard InChI is InChI=1S/C27H25ClOP/c28-23-17-19-24(20-18-23)29-21-10-22-30(25-11-4-1-5-12-25,26-13-6-2-7-14-26)27-15-8-3-9-16-27/h1-9,11-20H,10,21-22H2/q+1. The molecule has 0 aliphatic rings. The van der Waals surface area contributed by atoms with Gasteiger partial charge in [0.1, 0.15) is 28.9 Å². The average Bonchev–Trinajstić information content (AvgIpc) is 2.82. The molecule has 0 aliphatic heterocycles. The minimum atomic E-state index is -1.78. The topological polar surface area (TPSA) is 9.23 Å². The van der Waals surface area contributed by atoms with Gasteiger partial charge in [-0.1, -0.05) is 66.2 Å². The molecule has 0 bridgehead atoms. The van der Waals surface area contributed by atoms with Crippen LogP contribution in [0.5, 0.6) is 5.75 Å². The van der Waals surface area contributed by atoms with Gasteiger partial charge in [0.15, 0.2) is 0 Å². The predicted octanol–water partition coefficient (Wildman–Crippen LogP) is 6.10. The van der Waals surface area contributed by atoms with E-state index >= 15 is 0 Å². The Morgan fingerprint density at radius 2 is 1.00 bits per heavy atom. The molecule has 4 rings (SSSR count). The number of rotatable bonds is 8. The van der Waals surface area contributed by atoms with Gasteiger partial charge in [0.05, 0.1) is 12.8 Å². The molecule has 0 aromatic heterocycles. The summed E-state index contributed by atoms with van der Waals surface area (Å²) in [6, 6.07) is 40.5. The Kier molecular flexibility index (Phi) is 6.84. The zero-order valence-corrected chi connectivity index (χ0v) is 18.5. The summed E-state index contributed by atoms with van der Waals surface area (Å²) < 4.78 is 6.02. The molecule has 150 valence electrons. The lowest BCUT2D eigenvalue weighted by Crippen LogP contribution is -2.33. The summed E-state index contributed by atoms with van der Waals surface area (Å²) in [5, 5.41) is 4.96. The van der Waals surface area contributed by atoms with Crippen LogP contribution in [0.2, 0.25) is 5.02 Å². The fourth-order valence-electron chi connectivity index (χ4n) is 3.90. The molecular weight excluding hydrogens is 407 g/mol. The molecule has 4 aromatic rings. The minimum Gasteiger partial charge on any atom is -0.493 e. The van der Waals surface area contributed by atoms with Gasteiger partial charge in [-0.15, -0.1) is 0 Å². The monoisotopic (exact) mass is 431 g/mol. The molecule has 3 heteroatoms. The van der Waals surface area contributed by atoms with Gasteiger partial charge in [0, 0.05) is 11.4 Å². The largest absolute Gasteiger partial charge is 0.493 e. The summed E-state index contributed by atoms with van der Waals surface area (Å²) in [6.07, 6.45) is 2.02. The van der Waals surface area contributed by atoms with Gasteiger partial charge in [-0.25, -0.2) is 0 Å². The highest BCUT2D eigenvalue weighted by Crippen LogP contribution is 2.55. The molecule has 0 aliphatic carbocycles. The quantitative estimate of drug-likeness (QED) is 0.242. The van der Waals surface area contributed by atoms with Crippen LogP contribution in [0.15, 0.2) is 115 Å². The maximum absolute atomic E-state index is 6.02. The van der Waals surface area contributed by atoms with E-state index in [1.807, 2.05) is 24.3 Å². The van der Waals surface area contributed by atoms with Crippen molar-refractivity contribution >= 4 is 34.8 Å². The lowest BCUT2D eigenvalue weighted by atomic mass is 10.3. The lowest BCUT2D eigenvalue weighted by molar-refractivity contribution is 0.318. The summed E-state index contributed by atoms with van der Waals surface area (Å²) >= 11 is 5.99. The fraction of sp³-hybridized carbons (Fsp3) is 0.111. The third kappa shape index (κ3) is 4.59. The van der Waals surface area contributed by atoms with Gasteiger partial charge >= 0.3 is 0 Å². The average molecular weight is 432 g/mol. The molecule has 30 heavy (non-hydrogen) atoms. The van der Waals surface area contributed by atoms with Crippen molar-refractivity contribution in [2.75, 3.05) is 12.8 Å². The smallest absolute Gasteiger partial charge is 0.119 e. The van der Waals surface area contributed by atoms with Crippen LogP contribution in [0.1, 0.15) is 6.42 Å². The minimum absolute atomic E-state index is 0.676. The number of benzene rings is 4. The maximum Gasteiger partial charge on any atom is 0.119 e. The Morgan fingerprint density at radius 3 is 1.43 bits per heavy atom. The van der Waals surface area contributed by atoms with Crippen molar-refractivity contribution in [1.82, 2.24) is 0 Å². The van der Waals surface area contributed by atoms with E-state index in [1.54, 1.807) is 0 Å². The highest BCUT2D eigenvalue weighted by molar-refractivity contribution is 7.95. The zero-order chi connectivity index (χ0) is 20.7. The number of hydrogen-bond donors (Lipinski definition) is 0. The van der Waals surface area contributed by atoms with Crippen molar-refractivity contribution in [2.45, 2.75) is 6.42 Å². The van der Waals surface area contributed by atoms with Gasteiger partial charge in [-0.05, 0) is 60.7 Å². The van der Waals surface area contributed by atoms with E-state index in [4.69, 9.17) is 16.3 Å². The lowest BCUT2D eigenvalue weighted by Gasteiger charge is -2.27. The Bertz CT molecular complexity index is 938. The van der Waals surface area contributed by atoms with E-state index in [2.05, 4.69) is 91.0 Å². The molecule has 0 atom stereocenters. The summed E-state index contributed by atoms with van der Waals surface area (Å²) in [5.74, 6) is 0.863. The second-order valence-electron chi connectivity index (χ2n) is 7.20. The molecule has 0 unspecified atom stereocenters. The van der Waals surface area contributed by atoms with E-state index in [1.165, 1.54) is 15.9 Å². The number of halogens is 1. The molecule has 0 spiro atoms. The van der Waals surface area contributed by atoms with E-state index < -0.39 is 7.26 Å². The van der Waals surface area contributed by atoms with Crippen molar-refractivity contribution in [2.24, 2.45) is 0 Å². The van der Waals surface area contributed by atoms with Crippen molar-refractivity contribution in [3.05, 3.63) is 120 Å². The predicted molar refractivity (Wildman–Crippen MR) is 132 cm³/mol. The first kappa shape index (κ1) is 20.7. The van der Waals surface area contributed by atoms with Crippen LogP contribution in [0, 0.1) is 0 Å². The summed E-state index contributed by atoms with van der Waals surface area (Å²) in [5.41, 5.74) is 0. The molecular formula is C27H25ClOP+. The van der Waals surface area contributed by atoms with E-state index in [-0.39, 0.29) is 0 Å². The molecule has 0 heterocycles. The Labute approximate surface area is 184 Å². The van der Waals surface area contributed by atoms with Crippen LogP contribution in [0.4, 0.5) is 0 Å². The molecule has 1 nitrogen and oxygen atoms in total. The zero-order valence-electron chi connectivity index (χ0n) is 16.8. The van der Waals surface area contributed by atoms with Gasteiger partial charge in [0.25, 0.3) is 0 Å². The van der Waals surface area contributed by atoms with E-state index in [0.29, 0.717) is 6.61 Å². The van der Waals surface area contributed by atoms with Crippen molar-refractivity contribution in [1.29, 1.82) is 0 Å². The van der Waals surface area contributed by atoms with Crippen molar-refractivity contribution in [3.63, 3.8) is 0 Å². The summed E-state index contributed by atoms with van der Waals surface area (Å²) in [4.78, 5) is 0. The van der Waals surface area contributed by atoms with Gasteiger partial charge in [-0.2, -0.15) is 0 Å². The van der Waals surface area contributed by atoms with Crippen LogP contribution in [-0.2, 0) is 0 Å². The van der Waals surface area contributed by atoms with Crippen LogP contribution >= 0.6 is 18.9 Å². The normalized spacial score (nSPS) is 11.2. The van der Waals surface area contributed by atoms with Crippen LogP contribution in [0.3, 0.4) is 0 Å². The molecule has 0 radical (unpaired) electrons. The SMILES string of the molecule is Clc1ccc(OCCC[P+](c2ccccc2)(c2ccccc2)c2ccccc2)cc1. The number of ether oxygens (including phenoxy) is 1. The maximum atomic E-state index is 6.02. The Hall–Kier alpha value is -2.60. The molecule has 0 saturated carbocycles. The molecule has 0 N–H and O–H groups in total. The summed E-state index contributed by atoms with van der Waals surface area (Å²) in [7, 11) is -1.78. The highest BCUT2D eigenvalue weighted by Gasteiger charge is 2.44. The van der Waals surface area contributed by atoms with Crippen LogP contribution in [0.25, 0.3) is 0 Å². The van der Waals surface area contributed by atoms with Crippen LogP contribution < -0.4 is 20.7 Å². The Balaban J connectivity index is 1.67. The molecule has 0 saturated heterocycles. The first-order chi connectivity index (χ1) is 14.8. The van der Waals surface area contributed by atoms with E-state index in [0.717, 1.165) is 23.4 Å². The third-order valence-corrected chi connectivity index (χ3v) is 10.1. The Morgan fingerprint density at radius 1 is 0.567 bits per heavy atom. The van der Waals surface area contributed by atoms with E-state index in [9.17, 15) is 0 Å². The molecule has 0 fully saturated rings. The summed E-state index contributed by atoms with van der Waals surface area (Å²) in [6.45, 7) is 0.676. The van der Waals surface area contributed by atoms with Crippen molar-refractivity contribution < 1.29 is 4.74 Å². The van der Waals surface area contributed by atoms with Gasteiger partial charge in [0.2, 0.25) is 0 Å². The molecule has 0 amide bonds. The molecule has 4 aromatic carbocycles. The fourth-order valence-corrected chi connectivity index (χ4v) is 8.35. The highest BCUT2D eigenvalue weighted by atomic mass is 35.5.